The summed E-state index contributed by atoms with van der Waals surface area (Å²) in [6, 6.07) is 5.95. The minimum atomic E-state index is 0.664. The molecule has 2 heteroatoms. The Hall–Kier alpha value is -1.18. The minimum absolute atomic E-state index is 0.664. The van der Waals surface area contributed by atoms with E-state index in [-0.39, 0.29) is 0 Å². The van der Waals surface area contributed by atoms with E-state index >= 15 is 0 Å². The number of anilines is 2. The second kappa shape index (κ2) is 4.17. The van der Waals surface area contributed by atoms with Gasteiger partial charge in [-0.15, -0.1) is 0 Å². The third-order valence-corrected chi connectivity index (χ3v) is 1.95. The Morgan fingerprint density at radius 2 is 2.08 bits per heavy atom. The van der Waals surface area contributed by atoms with Gasteiger partial charge in [-0.05, 0) is 36.6 Å². The zero-order chi connectivity index (χ0) is 9.84. The molecule has 1 aromatic carbocycles. The molecule has 1 rings (SSSR count). The van der Waals surface area contributed by atoms with E-state index in [1.54, 1.807) is 0 Å². The van der Waals surface area contributed by atoms with Gasteiger partial charge in [0.2, 0.25) is 0 Å². The minimum Gasteiger partial charge on any atom is -0.399 e. The number of nitrogens with one attached hydrogen (secondary N) is 1. The highest BCUT2D eigenvalue weighted by atomic mass is 14.9. The lowest BCUT2D eigenvalue weighted by Crippen LogP contribution is -2.08. The van der Waals surface area contributed by atoms with Crippen LogP contribution < -0.4 is 11.1 Å². The summed E-state index contributed by atoms with van der Waals surface area (Å²) in [7, 11) is 0. The predicted molar refractivity (Wildman–Crippen MR) is 58.9 cm³/mol. The quantitative estimate of drug-likeness (QED) is 0.698. The Bertz CT molecular complexity index is 279. The molecule has 0 radical (unpaired) electrons. The zero-order valence-electron chi connectivity index (χ0n) is 8.59. The Kier molecular flexibility index (Phi) is 3.18. The molecule has 0 bridgehead atoms. The fraction of sp³-hybridized carbons (Fsp3) is 0.455. The van der Waals surface area contributed by atoms with Crippen molar-refractivity contribution < 1.29 is 0 Å². The first kappa shape index (κ1) is 9.90. The van der Waals surface area contributed by atoms with Gasteiger partial charge in [0.05, 0.1) is 0 Å². The Labute approximate surface area is 80.1 Å². The number of hydrogen-bond donors (Lipinski definition) is 2. The molecule has 0 spiro atoms. The van der Waals surface area contributed by atoms with Crippen LogP contribution in [0.4, 0.5) is 11.4 Å². The van der Waals surface area contributed by atoms with Crippen LogP contribution in [0, 0.1) is 12.8 Å². The first-order chi connectivity index (χ1) is 6.09. The summed E-state index contributed by atoms with van der Waals surface area (Å²) in [5.41, 5.74) is 8.87. The van der Waals surface area contributed by atoms with Crippen LogP contribution >= 0.6 is 0 Å². The first-order valence-electron chi connectivity index (χ1n) is 4.69. The van der Waals surface area contributed by atoms with Crippen LogP contribution in [-0.2, 0) is 0 Å². The molecule has 0 heterocycles. The SMILES string of the molecule is Cc1cc(N)ccc1NCC(C)C. The van der Waals surface area contributed by atoms with Crippen LogP contribution in [0.25, 0.3) is 0 Å². The highest BCUT2D eigenvalue weighted by Gasteiger charge is 1.98. The van der Waals surface area contributed by atoms with Crippen molar-refractivity contribution in [3.05, 3.63) is 23.8 Å². The highest BCUT2D eigenvalue weighted by Crippen LogP contribution is 2.17. The second-order valence-corrected chi connectivity index (χ2v) is 3.85. The fourth-order valence-electron chi connectivity index (χ4n) is 1.20. The molecule has 0 atom stereocenters. The Morgan fingerprint density at radius 1 is 1.38 bits per heavy atom. The third kappa shape index (κ3) is 2.98. The Morgan fingerprint density at radius 3 is 2.62 bits per heavy atom. The molecule has 72 valence electrons. The molecule has 0 aromatic heterocycles. The number of benzene rings is 1. The summed E-state index contributed by atoms with van der Waals surface area (Å²) >= 11 is 0. The Balaban J connectivity index is 2.67. The average Bonchev–Trinajstić information content (AvgIpc) is 2.02. The maximum atomic E-state index is 5.66. The number of hydrogen-bond acceptors (Lipinski definition) is 2. The maximum Gasteiger partial charge on any atom is 0.0371 e. The molecule has 0 aliphatic carbocycles. The fourth-order valence-corrected chi connectivity index (χ4v) is 1.20. The van der Waals surface area contributed by atoms with Crippen molar-refractivity contribution >= 4 is 11.4 Å². The number of aryl methyl sites for hydroxylation is 1. The zero-order valence-corrected chi connectivity index (χ0v) is 8.59. The van der Waals surface area contributed by atoms with Gasteiger partial charge in [0.25, 0.3) is 0 Å². The summed E-state index contributed by atoms with van der Waals surface area (Å²) in [5.74, 6) is 0.664. The van der Waals surface area contributed by atoms with Crippen LogP contribution in [0.15, 0.2) is 18.2 Å². The molecular formula is C11H18N2. The normalized spacial score (nSPS) is 10.5. The van der Waals surface area contributed by atoms with E-state index in [4.69, 9.17) is 5.73 Å². The van der Waals surface area contributed by atoms with Crippen molar-refractivity contribution in [3.63, 3.8) is 0 Å². The van der Waals surface area contributed by atoms with Gasteiger partial charge >= 0.3 is 0 Å². The number of rotatable bonds is 3. The molecule has 0 fully saturated rings. The third-order valence-electron chi connectivity index (χ3n) is 1.95. The lowest BCUT2D eigenvalue weighted by atomic mass is 10.1. The van der Waals surface area contributed by atoms with Gasteiger partial charge in [-0.25, -0.2) is 0 Å². The summed E-state index contributed by atoms with van der Waals surface area (Å²) in [5, 5.41) is 3.38. The van der Waals surface area contributed by atoms with E-state index in [0.717, 1.165) is 12.2 Å². The molecule has 0 saturated heterocycles. The van der Waals surface area contributed by atoms with Gasteiger partial charge in [0, 0.05) is 17.9 Å². The topological polar surface area (TPSA) is 38.0 Å². The van der Waals surface area contributed by atoms with E-state index < -0.39 is 0 Å². The molecule has 0 aliphatic heterocycles. The first-order valence-corrected chi connectivity index (χ1v) is 4.69. The lowest BCUT2D eigenvalue weighted by molar-refractivity contribution is 0.688. The van der Waals surface area contributed by atoms with Crippen LogP contribution in [0.2, 0.25) is 0 Å². The molecule has 1 aromatic rings. The van der Waals surface area contributed by atoms with E-state index in [0.29, 0.717) is 5.92 Å². The van der Waals surface area contributed by atoms with Crippen molar-refractivity contribution in [3.8, 4) is 0 Å². The van der Waals surface area contributed by atoms with Crippen molar-refractivity contribution in [2.24, 2.45) is 5.92 Å². The molecule has 0 aliphatic rings. The smallest absolute Gasteiger partial charge is 0.0371 e. The molecular weight excluding hydrogens is 160 g/mol. The molecule has 0 saturated carbocycles. The van der Waals surface area contributed by atoms with E-state index in [1.165, 1.54) is 11.3 Å². The molecule has 13 heavy (non-hydrogen) atoms. The summed E-state index contributed by atoms with van der Waals surface area (Å²) in [6.07, 6.45) is 0. The average molecular weight is 178 g/mol. The number of nitrogens with two attached hydrogens (primary N) is 1. The molecule has 0 amide bonds. The lowest BCUT2D eigenvalue weighted by Gasteiger charge is -2.11. The van der Waals surface area contributed by atoms with Crippen molar-refractivity contribution in [1.82, 2.24) is 0 Å². The summed E-state index contributed by atoms with van der Waals surface area (Å²) in [4.78, 5) is 0. The standard InChI is InChI=1S/C11H18N2/c1-8(2)7-13-11-5-4-10(12)6-9(11)3/h4-6,8,13H,7,12H2,1-3H3. The summed E-state index contributed by atoms with van der Waals surface area (Å²) in [6.45, 7) is 7.46. The van der Waals surface area contributed by atoms with Gasteiger partial charge in [-0.3, -0.25) is 0 Å². The van der Waals surface area contributed by atoms with Crippen LogP contribution in [0.3, 0.4) is 0 Å². The van der Waals surface area contributed by atoms with Crippen LogP contribution in [0.1, 0.15) is 19.4 Å². The van der Waals surface area contributed by atoms with E-state index in [9.17, 15) is 0 Å². The summed E-state index contributed by atoms with van der Waals surface area (Å²) < 4.78 is 0. The van der Waals surface area contributed by atoms with E-state index in [1.807, 2.05) is 18.2 Å². The molecule has 2 nitrogen and oxygen atoms in total. The predicted octanol–water partition coefficient (Wildman–Crippen LogP) is 2.65. The van der Waals surface area contributed by atoms with Crippen molar-refractivity contribution in [2.45, 2.75) is 20.8 Å². The number of nitrogen functional groups attached to an aromatic ring is 1. The second-order valence-electron chi connectivity index (χ2n) is 3.85. The molecule has 0 unspecified atom stereocenters. The largest absolute Gasteiger partial charge is 0.399 e. The maximum absolute atomic E-state index is 5.66. The van der Waals surface area contributed by atoms with Gasteiger partial charge in [-0.1, -0.05) is 13.8 Å². The van der Waals surface area contributed by atoms with Crippen molar-refractivity contribution in [1.29, 1.82) is 0 Å². The van der Waals surface area contributed by atoms with Gasteiger partial charge in [0.15, 0.2) is 0 Å². The van der Waals surface area contributed by atoms with Gasteiger partial charge in [-0.2, -0.15) is 0 Å². The van der Waals surface area contributed by atoms with Crippen LogP contribution in [-0.4, -0.2) is 6.54 Å². The highest BCUT2D eigenvalue weighted by molar-refractivity contribution is 5.57. The van der Waals surface area contributed by atoms with E-state index in [2.05, 4.69) is 26.1 Å². The van der Waals surface area contributed by atoms with Gasteiger partial charge < -0.3 is 11.1 Å². The molecule has 3 N–H and O–H groups in total. The van der Waals surface area contributed by atoms with Crippen LogP contribution in [0.5, 0.6) is 0 Å². The monoisotopic (exact) mass is 178 g/mol. The van der Waals surface area contributed by atoms with Crippen molar-refractivity contribution in [2.75, 3.05) is 17.6 Å². The van der Waals surface area contributed by atoms with Gasteiger partial charge in [0.1, 0.15) is 0 Å².